The molecule has 23 heavy (non-hydrogen) atoms. The molecule has 1 atom stereocenters. The predicted molar refractivity (Wildman–Crippen MR) is 92.5 cm³/mol. The third-order valence-electron chi connectivity index (χ3n) is 4.04. The van der Waals surface area contributed by atoms with Gasteiger partial charge in [-0.15, -0.1) is 0 Å². The van der Waals surface area contributed by atoms with Crippen molar-refractivity contribution in [1.29, 1.82) is 0 Å². The first kappa shape index (κ1) is 17.5. The SMILES string of the molecule is CC(C)(C)S(=O)(=O)CC(CC(=O)O)c1cccc2ccccc12. The van der Waals surface area contributed by atoms with Gasteiger partial charge < -0.3 is 5.11 Å². The summed E-state index contributed by atoms with van der Waals surface area (Å²) in [6.07, 6.45) is -0.205. The van der Waals surface area contributed by atoms with Crippen LogP contribution in [0.5, 0.6) is 0 Å². The zero-order valence-corrected chi connectivity index (χ0v) is 14.4. The molecule has 0 heterocycles. The van der Waals surface area contributed by atoms with E-state index in [1.165, 1.54) is 0 Å². The van der Waals surface area contributed by atoms with Gasteiger partial charge in [-0.3, -0.25) is 4.79 Å². The molecule has 1 N–H and O–H groups in total. The van der Waals surface area contributed by atoms with E-state index in [4.69, 9.17) is 0 Å². The Bertz CT molecular complexity index is 811. The van der Waals surface area contributed by atoms with Crippen LogP contribution in [0, 0.1) is 0 Å². The van der Waals surface area contributed by atoms with Gasteiger partial charge in [0.2, 0.25) is 0 Å². The quantitative estimate of drug-likeness (QED) is 0.906. The lowest BCUT2D eigenvalue weighted by Crippen LogP contribution is -2.33. The van der Waals surface area contributed by atoms with Gasteiger partial charge in [0.05, 0.1) is 16.9 Å². The van der Waals surface area contributed by atoms with Crippen LogP contribution in [0.25, 0.3) is 10.8 Å². The number of carbonyl (C=O) groups is 1. The van der Waals surface area contributed by atoms with Gasteiger partial charge >= 0.3 is 5.97 Å². The number of hydrogen-bond donors (Lipinski definition) is 1. The van der Waals surface area contributed by atoms with Crippen molar-refractivity contribution in [2.75, 3.05) is 5.75 Å². The van der Waals surface area contributed by atoms with Gasteiger partial charge in [0.1, 0.15) is 0 Å². The summed E-state index contributed by atoms with van der Waals surface area (Å²) in [4.78, 5) is 11.3. The minimum absolute atomic E-state index is 0.170. The van der Waals surface area contributed by atoms with Crippen LogP contribution in [-0.2, 0) is 14.6 Å². The molecular formula is C18H22O4S. The molecule has 0 radical (unpaired) electrons. The van der Waals surface area contributed by atoms with Crippen LogP contribution >= 0.6 is 0 Å². The fourth-order valence-corrected chi connectivity index (χ4v) is 3.92. The Morgan fingerprint density at radius 3 is 2.30 bits per heavy atom. The molecule has 0 aliphatic heterocycles. The first-order valence-corrected chi connectivity index (χ1v) is 9.19. The Morgan fingerprint density at radius 2 is 1.70 bits per heavy atom. The van der Waals surface area contributed by atoms with Gasteiger partial charge in [0, 0.05) is 5.92 Å². The molecule has 0 bridgehead atoms. The molecule has 0 spiro atoms. The Labute approximate surface area is 137 Å². The van der Waals surface area contributed by atoms with Gasteiger partial charge in [-0.25, -0.2) is 8.42 Å². The maximum absolute atomic E-state index is 12.6. The van der Waals surface area contributed by atoms with Crippen molar-refractivity contribution in [3.05, 3.63) is 48.0 Å². The zero-order valence-electron chi connectivity index (χ0n) is 13.6. The lowest BCUT2D eigenvalue weighted by atomic mass is 9.92. The number of rotatable bonds is 5. The van der Waals surface area contributed by atoms with E-state index in [2.05, 4.69) is 0 Å². The molecule has 0 aliphatic rings. The van der Waals surface area contributed by atoms with Crippen LogP contribution in [0.2, 0.25) is 0 Å². The lowest BCUT2D eigenvalue weighted by Gasteiger charge is -2.24. The van der Waals surface area contributed by atoms with Gasteiger partial charge in [-0.1, -0.05) is 42.5 Å². The van der Waals surface area contributed by atoms with Crippen molar-refractivity contribution >= 4 is 26.6 Å². The Morgan fingerprint density at radius 1 is 1.09 bits per heavy atom. The van der Waals surface area contributed by atoms with Crippen molar-refractivity contribution < 1.29 is 18.3 Å². The molecule has 2 aromatic rings. The maximum atomic E-state index is 12.6. The van der Waals surface area contributed by atoms with E-state index < -0.39 is 26.5 Å². The fraction of sp³-hybridized carbons (Fsp3) is 0.389. The summed E-state index contributed by atoms with van der Waals surface area (Å²) < 4.78 is 24.2. The molecule has 0 saturated heterocycles. The Kier molecular flexibility index (Phi) is 4.80. The Hall–Kier alpha value is -1.88. The topological polar surface area (TPSA) is 71.4 Å². The number of sulfone groups is 1. The molecule has 124 valence electrons. The first-order chi connectivity index (χ1) is 10.6. The van der Waals surface area contributed by atoms with E-state index >= 15 is 0 Å². The van der Waals surface area contributed by atoms with Crippen molar-refractivity contribution in [3.8, 4) is 0 Å². The third-order valence-corrected chi connectivity index (χ3v) is 6.75. The summed E-state index contributed by atoms with van der Waals surface area (Å²) in [5.74, 6) is -1.73. The highest BCUT2D eigenvalue weighted by Gasteiger charge is 2.33. The van der Waals surface area contributed by atoms with Crippen LogP contribution < -0.4 is 0 Å². The standard InChI is InChI=1S/C18H22O4S/c1-18(2,3)23(21,22)12-14(11-17(19)20)16-10-6-8-13-7-4-5-9-15(13)16/h4-10,14H,11-12H2,1-3H3,(H,19,20). The average molecular weight is 334 g/mol. The van der Waals surface area contributed by atoms with Gasteiger partial charge in [0.25, 0.3) is 0 Å². The minimum Gasteiger partial charge on any atom is -0.481 e. The molecule has 0 amide bonds. The zero-order chi connectivity index (χ0) is 17.3. The molecule has 0 saturated carbocycles. The predicted octanol–water partition coefficient (Wildman–Crippen LogP) is 3.61. The smallest absolute Gasteiger partial charge is 0.303 e. The summed E-state index contributed by atoms with van der Waals surface area (Å²) in [6, 6.07) is 13.2. The number of aliphatic carboxylic acids is 1. The van der Waals surface area contributed by atoms with Gasteiger partial charge in [-0.2, -0.15) is 0 Å². The molecule has 0 fully saturated rings. The van der Waals surface area contributed by atoms with Crippen LogP contribution in [0.1, 0.15) is 38.7 Å². The molecule has 2 rings (SSSR count). The molecule has 0 aliphatic carbocycles. The van der Waals surface area contributed by atoms with E-state index in [9.17, 15) is 18.3 Å². The van der Waals surface area contributed by atoms with Crippen LogP contribution in [-0.4, -0.2) is 30.0 Å². The first-order valence-electron chi connectivity index (χ1n) is 7.53. The van der Waals surface area contributed by atoms with Crippen molar-refractivity contribution in [2.24, 2.45) is 0 Å². The number of benzene rings is 2. The summed E-state index contributed by atoms with van der Waals surface area (Å²) in [7, 11) is -3.42. The summed E-state index contributed by atoms with van der Waals surface area (Å²) in [5, 5.41) is 11.1. The molecule has 0 aromatic heterocycles. The molecule has 4 nitrogen and oxygen atoms in total. The number of carboxylic acids is 1. The molecular weight excluding hydrogens is 312 g/mol. The summed E-state index contributed by atoms with van der Waals surface area (Å²) >= 11 is 0. The monoisotopic (exact) mass is 334 g/mol. The Balaban J connectivity index is 2.52. The molecule has 2 aromatic carbocycles. The fourth-order valence-electron chi connectivity index (χ4n) is 2.59. The second-order valence-electron chi connectivity index (χ2n) is 6.76. The molecule has 1 unspecified atom stereocenters. The second-order valence-corrected chi connectivity index (χ2v) is 9.54. The highest BCUT2D eigenvalue weighted by atomic mass is 32.2. The van der Waals surface area contributed by atoms with E-state index in [1.807, 2.05) is 42.5 Å². The van der Waals surface area contributed by atoms with E-state index in [0.29, 0.717) is 0 Å². The van der Waals surface area contributed by atoms with Gasteiger partial charge in [0.15, 0.2) is 9.84 Å². The average Bonchev–Trinajstić information content (AvgIpc) is 2.44. The highest BCUT2D eigenvalue weighted by Crippen LogP contribution is 2.31. The maximum Gasteiger partial charge on any atom is 0.303 e. The lowest BCUT2D eigenvalue weighted by molar-refractivity contribution is -0.137. The number of carboxylic acid groups (broad SMARTS) is 1. The van der Waals surface area contributed by atoms with Crippen molar-refractivity contribution in [1.82, 2.24) is 0 Å². The van der Waals surface area contributed by atoms with E-state index in [-0.39, 0.29) is 12.2 Å². The van der Waals surface area contributed by atoms with E-state index in [1.54, 1.807) is 20.8 Å². The van der Waals surface area contributed by atoms with Crippen LogP contribution in [0.3, 0.4) is 0 Å². The second kappa shape index (κ2) is 6.32. The summed E-state index contributed by atoms with van der Waals surface area (Å²) in [6.45, 7) is 4.93. The van der Waals surface area contributed by atoms with E-state index in [0.717, 1.165) is 16.3 Å². The summed E-state index contributed by atoms with van der Waals surface area (Å²) in [5.41, 5.74) is 0.776. The minimum atomic E-state index is -3.42. The third kappa shape index (κ3) is 3.91. The highest BCUT2D eigenvalue weighted by molar-refractivity contribution is 7.92. The molecule has 5 heteroatoms. The van der Waals surface area contributed by atoms with Crippen molar-refractivity contribution in [2.45, 2.75) is 37.9 Å². The number of hydrogen-bond acceptors (Lipinski definition) is 3. The van der Waals surface area contributed by atoms with Crippen LogP contribution in [0.4, 0.5) is 0 Å². The van der Waals surface area contributed by atoms with Gasteiger partial charge in [-0.05, 0) is 37.1 Å². The largest absolute Gasteiger partial charge is 0.481 e. The van der Waals surface area contributed by atoms with Crippen LogP contribution in [0.15, 0.2) is 42.5 Å². The van der Waals surface area contributed by atoms with Crippen molar-refractivity contribution in [3.63, 3.8) is 0 Å². The normalized spacial score (nSPS) is 13.9. The number of fused-ring (bicyclic) bond motifs is 1.